The van der Waals surface area contributed by atoms with Gasteiger partial charge in [-0.1, -0.05) is 0 Å². The largest absolute Gasteiger partial charge is 0.394 e. The normalized spacial score (nSPS) is 25.3. The molecule has 2 aromatic rings. The average molecular weight is 333 g/mol. The molecule has 0 bridgehead atoms. The summed E-state index contributed by atoms with van der Waals surface area (Å²) >= 11 is 1.53. The molecule has 2 aliphatic rings. The van der Waals surface area contributed by atoms with Crippen molar-refractivity contribution in [2.24, 2.45) is 0 Å². The lowest BCUT2D eigenvalue weighted by atomic mass is 9.94. The molecule has 23 heavy (non-hydrogen) atoms. The Labute approximate surface area is 138 Å². The van der Waals surface area contributed by atoms with Crippen molar-refractivity contribution in [1.82, 2.24) is 19.9 Å². The molecule has 0 saturated carbocycles. The maximum Gasteiger partial charge on any atom is 0.190 e. The van der Waals surface area contributed by atoms with Gasteiger partial charge in [0.2, 0.25) is 0 Å². The van der Waals surface area contributed by atoms with Crippen LogP contribution in [0.15, 0.2) is 23.8 Å². The minimum atomic E-state index is -0.331. The first-order valence-electron chi connectivity index (χ1n) is 7.72. The van der Waals surface area contributed by atoms with Gasteiger partial charge in [0.15, 0.2) is 10.8 Å². The highest BCUT2D eigenvalue weighted by Gasteiger charge is 2.44. The van der Waals surface area contributed by atoms with Gasteiger partial charge in [-0.3, -0.25) is 4.90 Å². The van der Waals surface area contributed by atoms with Crippen molar-refractivity contribution in [1.29, 1.82) is 0 Å². The number of hydrogen-bond donors (Lipinski definition) is 1. The maximum absolute atomic E-state index is 9.96. The van der Waals surface area contributed by atoms with Crippen molar-refractivity contribution >= 4 is 17.2 Å². The van der Waals surface area contributed by atoms with Crippen LogP contribution in [0.4, 0.5) is 5.82 Å². The van der Waals surface area contributed by atoms with Crippen molar-refractivity contribution in [3.63, 3.8) is 0 Å². The Kier molecular flexibility index (Phi) is 3.98. The summed E-state index contributed by atoms with van der Waals surface area (Å²) in [6.45, 7) is 4.76. The summed E-state index contributed by atoms with van der Waals surface area (Å²) in [5.41, 5.74) is -0.331. The quantitative estimate of drug-likeness (QED) is 0.876. The molecule has 4 heterocycles. The van der Waals surface area contributed by atoms with Crippen molar-refractivity contribution in [2.75, 3.05) is 50.9 Å². The van der Waals surface area contributed by atoms with Gasteiger partial charge in [0.05, 0.1) is 25.4 Å². The second-order valence-corrected chi connectivity index (χ2v) is 6.81. The SMILES string of the molecule is OCC12COCCN1CCN(c1ccnc(-c3nccs3)n1)C2. The molecule has 8 heteroatoms. The highest BCUT2D eigenvalue weighted by atomic mass is 32.1. The molecule has 2 saturated heterocycles. The molecule has 122 valence electrons. The van der Waals surface area contributed by atoms with Gasteiger partial charge in [-0.2, -0.15) is 0 Å². The molecule has 2 aliphatic heterocycles. The van der Waals surface area contributed by atoms with Crippen molar-refractivity contribution in [2.45, 2.75) is 5.54 Å². The van der Waals surface area contributed by atoms with Crippen LogP contribution in [0.1, 0.15) is 0 Å². The summed E-state index contributed by atoms with van der Waals surface area (Å²) in [5.74, 6) is 1.53. The second kappa shape index (κ2) is 6.12. The van der Waals surface area contributed by atoms with E-state index >= 15 is 0 Å². The molecule has 0 aromatic carbocycles. The Balaban J connectivity index is 1.60. The van der Waals surface area contributed by atoms with Crippen LogP contribution in [0.25, 0.3) is 10.8 Å². The lowest BCUT2D eigenvalue weighted by molar-refractivity contribution is -0.0951. The van der Waals surface area contributed by atoms with Gasteiger partial charge in [-0.15, -0.1) is 11.3 Å². The molecule has 7 nitrogen and oxygen atoms in total. The zero-order valence-corrected chi connectivity index (χ0v) is 13.6. The number of aromatic nitrogens is 3. The average Bonchev–Trinajstić information content (AvgIpc) is 3.16. The zero-order valence-electron chi connectivity index (χ0n) is 12.8. The van der Waals surface area contributed by atoms with E-state index in [0.29, 0.717) is 19.0 Å². The van der Waals surface area contributed by atoms with E-state index in [-0.39, 0.29) is 12.1 Å². The van der Waals surface area contributed by atoms with Gasteiger partial charge < -0.3 is 14.7 Å². The van der Waals surface area contributed by atoms with Gasteiger partial charge in [-0.25, -0.2) is 15.0 Å². The van der Waals surface area contributed by atoms with Crippen molar-refractivity contribution < 1.29 is 9.84 Å². The maximum atomic E-state index is 9.96. The van der Waals surface area contributed by atoms with E-state index in [0.717, 1.165) is 37.1 Å². The third-order valence-corrected chi connectivity index (χ3v) is 5.32. The standard InChI is InChI=1S/C15H19N5O2S/c21-10-15-9-19(4-5-20(15)6-7-22-11-15)12-1-2-16-13(18-12)14-17-3-8-23-14/h1-3,8,21H,4-7,9-11H2. The molecule has 1 atom stereocenters. The predicted octanol–water partition coefficient (Wildman–Crippen LogP) is 0.483. The number of hydrogen-bond acceptors (Lipinski definition) is 8. The molecular formula is C15H19N5O2S. The third-order valence-electron chi connectivity index (χ3n) is 4.55. The van der Waals surface area contributed by atoms with Crippen LogP contribution in [-0.4, -0.2) is 76.5 Å². The molecule has 2 fully saturated rings. The molecule has 0 radical (unpaired) electrons. The van der Waals surface area contributed by atoms with Crippen molar-refractivity contribution in [3.8, 4) is 10.8 Å². The minimum Gasteiger partial charge on any atom is -0.394 e. The van der Waals surface area contributed by atoms with Gasteiger partial charge in [-0.05, 0) is 6.07 Å². The van der Waals surface area contributed by atoms with Crippen LogP contribution in [-0.2, 0) is 4.74 Å². The number of morpholine rings is 1. The summed E-state index contributed by atoms with van der Waals surface area (Å²) in [6, 6.07) is 1.92. The summed E-state index contributed by atoms with van der Waals surface area (Å²) in [4.78, 5) is 17.8. The Morgan fingerprint density at radius 2 is 2.22 bits per heavy atom. The summed E-state index contributed by atoms with van der Waals surface area (Å²) in [7, 11) is 0. The topological polar surface area (TPSA) is 74.6 Å². The number of aliphatic hydroxyl groups excluding tert-OH is 1. The molecule has 1 unspecified atom stereocenters. The minimum absolute atomic E-state index is 0.0912. The Bertz CT molecular complexity index is 668. The zero-order chi connectivity index (χ0) is 15.7. The Hall–Kier alpha value is -1.61. The first-order valence-corrected chi connectivity index (χ1v) is 8.60. The highest BCUT2D eigenvalue weighted by molar-refractivity contribution is 7.12. The molecule has 1 N–H and O–H groups in total. The monoisotopic (exact) mass is 333 g/mol. The third kappa shape index (κ3) is 2.72. The predicted molar refractivity (Wildman–Crippen MR) is 87.6 cm³/mol. The number of aliphatic hydroxyl groups is 1. The number of rotatable bonds is 3. The molecule has 0 amide bonds. The Morgan fingerprint density at radius 3 is 3.04 bits per heavy atom. The fourth-order valence-electron chi connectivity index (χ4n) is 3.29. The fraction of sp³-hybridized carbons (Fsp3) is 0.533. The van der Waals surface area contributed by atoms with Crippen molar-refractivity contribution in [3.05, 3.63) is 23.8 Å². The van der Waals surface area contributed by atoms with E-state index in [2.05, 4.69) is 24.8 Å². The van der Waals surface area contributed by atoms with Crippen LogP contribution in [0.2, 0.25) is 0 Å². The van der Waals surface area contributed by atoms with Gasteiger partial charge >= 0.3 is 0 Å². The summed E-state index contributed by atoms with van der Waals surface area (Å²) in [5, 5.41) is 12.7. The molecule has 0 aliphatic carbocycles. The van der Waals surface area contributed by atoms with Gasteiger partial charge in [0.1, 0.15) is 5.82 Å². The lowest BCUT2D eigenvalue weighted by Gasteiger charge is -2.52. The van der Waals surface area contributed by atoms with Crippen LogP contribution >= 0.6 is 11.3 Å². The molecule has 2 aromatic heterocycles. The first kappa shape index (κ1) is 14.9. The Morgan fingerprint density at radius 1 is 1.26 bits per heavy atom. The summed E-state index contributed by atoms with van der Waals surface area (Å²) in [6.07, 6.45) is 3.53. The van der Waals surface area contributed by atoms with E-state index in [9.17, 15) is 5.11 Å². The molecule has 0 spiro atoms. The molecular weight excluding hydrogens is 314 g/mol. The van der Waals surface area contributed by atoms with Gasteiger partial charge in [0, 0.05) is 44.0 Å². The number of nitrogens with zero attached hydrogens (tertiary/aromatic N) is 5. The van der Waals surface area contributed by atoms with Crippen LogP contribution in [0.3, 0.4) is 0 Å². The van der Waals surface area contributed by atoms with E-state index in [1.165, 1.54) is 11.3 Å². The number of anilines is 1. The number of thiazole rings is 1. The van der Waals surface area contributed by atoms with E-state index in [1.54, 1.807) is 12.4 Å². The number of fused-ring (bicyclic) bond motifs is 1. The van der Waals surface area contributed by atoms with Crippen LogP contribution in [0, 0.1) is 0 Å². The van der Waals surface area contributed by atoms with E-state index < -0.39 is 0 Å². The van der Waals surface area contributed by atoms with E-state index in [4.69, 9.17) is 4.74 Å². The smallest absolute Gasteiger partial charge is 0.190 e. The summed E-state index contributed by atoms with van der Waals surface area (Å²) < 4.78 is 5.63. The highest BCUT2D eigenvalue weighted by Crippen LogP contribution is 2.28. The molecule has 4 rings (SSSR count). The second-order valence-electron chi connectivity index (χ2n) is 5.92. The number of piperazine rings is 1. The van der Waals surface area contributed by atoms with Gasteiger partial charge in [0.25, 0.3) is 0 Å². The lowest BCUT2D eigenvalue weighted by Crippen LogP contribution is -2.69. The van der Waals surface area contributed by atoms with Crippen LogP contribution in [0.5, 0.6) is 0 Å². The number of ether oxygens (including phenoxy) is 1. The van der Waals surface area contributed by atoms with Crippen LogP contribution < -0.4 is 4.90 Å². The first-order chi connectivity index (χ1) is 11.3. The van der Waals surface area contributed by atoms with E-state index in [1.807, 2.05) is 11.4 Å². The fourth-order valence-corrected chi connectivity index (χ4v) is 3.87.